The first-order valence-corrected chi connectivity index (χ1v) is 7.10. The van der Waals surface area contributed by atoms with E-state index in [1.54, 1.807) is 13.0 Å². The lowest BCUT2D eigenvalue weighted by Gasteiger charge is -2.13. The largest absolute Gasteiger partial charge is 0.405 e. The number of carbonyl (C=O) groups excluding carboxylic acids is 1. The first-order valence-electron chi connectivity index (χ1n) is 6.22. The summed E-state index contributed by atoms with van der Waals surface area (Å²) in [4.78, 5) is 16.0. The Morgan fingerprint density at radius 3 is 2.71 bits per heavy atom. The quantitative estimate of drug-likeness (QED) is 0.880. The van der Waals surface area contributed by atoms with Crippen molar-refractivity contribution < 1.29 is 18.0 Å². The molecule has 2 aromatic rings. The number of para-hydroxylation sites is 1. The number of fused-ring (bicyclic) bond motifs is 1. The number of pyridine rings is 1. The van der Waals surface area contributed by atoms with Crippen LogP contribution in [-0.4, -0.2) is 28.9 Å². The Kier molecular flexibility index (Phi) is 4.72. The Morgan fingerprint density at radius 2 is 2.00 bits per heavy atom. The molecule has 1 heterocycles. The van der Waals surface area contributed by atoms with Crippen molar-refractivity contribution in [1.82, 2.24) is 10.3 Å². The molecule has 0 aliphatic carbocycles. The Hall–Kier alpha value is -1.76. The second-order valence-corrected chi connectivity index (χ2v) is 5.80. The summed E-state index contributed by atoms with van der Waals surface area (Å²) in [7, 11) is 0. The molecule has 0 saturated carbocycles. The average molecular weight is 314 g/mol. The van der Waals surface area contributed by atoms with Crippen LogP contribution in [0.3, 0.4) is 0 Å². The molecule has 1 aromatic carbocycles. The highest BCUT2D eigenvalue weighted by Gasteiger charge is 2.28. The number of alkyl halides is 3. The van der Waals surface area contributed by atoms with E-state index in [2.05, 4.69) is 4.98 Å². The summed E-state index contributed by atoms with van der Waals surface area (Å²) in [6.45, 7) is 0.231. The third-order valence-corrected chi connectivity index (χ3v) is 3.74. The van der Waals surface area contributed by atoms with E-state index < -0.39 is 23.9 Å². The molecule has 1 N–H and O–H groups in total. The fourth-order valence-electron chi connectivity index (χ4n) is 1.68. The molecule has 1 amide bonds. The number of aromatic nitrogens is 1. The van der Waals surface area contributed by atoms with Crippen LogP contribution in [0.25, 0.3) is 10.9 Å². The fraction of sp³-hybridized carbons (Fsp3) is 0.286. The average Bonchev–Trinajstić information content (AvgIpc) is 2.43. The zero-order chi connectivity index (χ0) is 15.5. The smallest absolute Gasteiger partial charge is 0.346 e. The van der Waals surface area contributed by atoms with Gasteiger partial charge < -0.3 is 5.32 Å². The van der Waals surface area contributed by atoms with E-state index in [1.807, 2.05) is 35.6 Å². The number of hydrogen-bond acceptors (Lipinski definition) is 3. The summed E-state index contributed by atoms with van der Waals surface area (Å²) in [6.07, 6.45) is -4.40. The van der Waals surface area contributed by atoms with E-state index in [0.717, 1.165) is 22.7 Å². The van der Waals surface area contributed by atoms with E-state index >= 15 is 0 Å². The zero-order valence-electron chi connectivity index (χ0n) is 11.1. The minimum absolute atomic E-state index is 0.600. The summed E-state index contributed by atoms with van der Waals surface area (Å²) < 4.78 is 36.1. The van der Waals surface area contributed by atoms with Crippen molar-refractivity contribution in [3.05, 3.63) is 36.4 Å². The van der Waals surface area contributed by atoms with Gasteiger partial charge in [-0.25, -0.2) is 4.98 Å². The highest BCUT2D eigenvalue weighted by atomic mass is 32.2. The number of thioether (sulfide) groups is 1. The number of nitrogens with one attached hydrogen (secondary N) is 1. The van der Waals surface area contributed by atoms with Crippen LogP contribution >= 0.6 is 11.8 Å². The van der Waals surface area contributed by atoms with Gasteiger partial charge in [-0.2, -0.15) is 13.2 Å². The summed E-state index contributed by atoms with van der Waals surface area (Å²) in [5.41, 5.74) is 0.783. The van der Waals surface area contributed by atoms with Gasteiger partial charge >= 0.3 is 6.18 Å². The number of hydrogen-bond donors (Lipinski definition) is 1. The van der Waals surface area contributed by atoms with E-state index in [0.29, 0.717) is 5.03 Å². The van der Waals surface area contributed by atoms with Crippen LogP contribution in [0.2, 0.25) is 0 Å². The van der Waals surface area contributed by atoms with Crippen molar-refractivity contribution in [2.75, 3.05) is 6.54 Å². The van der Waals surface area contributed by atoms with Crippen molar-refractivity contribution in [1.29, 1.82) is 0 Å². The maximum Gasteiger partial charge on any atom is 0.405 e. The van der Waals surface area contributed by atoms with E-state index in [4.69, 9.17) is 0 Å². The molecular formula is C14H13F3N2OS. The number of rotatable bonds is 4. The Labute approximate surface area is 123 Å². The van der Waals surface area contributed by atoms with Crippen LogP contribution in [0.4, 0.5) is 13.2 Å². The van der Waals surface area contributed by atoms with Crippen LogP contribution in [0, 0.1) is 0 Å². The molecule has 0 bridgehead atoms. The predicted molar refractivity (Wildman–Crippen MR) is 76.1 cm³/mol. The van der Waals surface area contributed by atoms with Crippen molar-refractivity contribution in [3.8, 4) is 0 Å². The lowest BCUT2D eigenvalue weighted by molar-refractivity contribution is -0.137. The van der Waals surface area contributed by atoms with Gasteiger partial charge in [-0.15, -0.1) is 0 Å². The van der Waals surface area contributed by atoms with Gasteiger partial charge in [0.25, 0.3) is 0 Å². The first kappa shape index (κ1) is 15.6. The summed E-state index contributed by atoms with van der Waals surface area (Å²) in [6, 6.07) is 11.1. The molecule has 0 saturated heterocycles. The van der Waals surface area contributed by atoms with Gasteiger partial charge in [-0.1, -0.05) is 36.0 Å². The highest BCUT2D eigenvalue weighted by molar-refractivity contribution is 8.00. The van der Waals surface area contributed by atoms with E-state index in [-0.39, 0.29) is 0 Å². The minimum Gasteiger partial charge on any atom is -0.346 e. The van der Waals surface area contributed by atoms with Crippen molar-refractivity contribution in [2.45, 2.75) is 23.4 Å². The molecule has 0 radical (unpaired) electrons. The summed E-state index contributed by atoms with van der Waals surface area (Å²) in [5, 5.41) is 2.78. The second kappa shape index (κ2) is 6.34. The van der Waals surface area contributed by atoms with Crippen molar-refractivity contribution in [3.63, 3.8) is 0 Å². The minimum atomic E-state index is -4.40. The molecule has 2 rings (SSSR count). The van der Waals surface area contributed by atoms with Crippen molar-refractivity contribution >= 4 is 28.6 Å². The fourth-order valence-corrected chi connectivity index (χ4v) is 2.53. The molecule has 1 unspecified atom stereocenters. The summed E-state index contributed by atoms with van der Waals surface area (Å²) in [5.74, 6) is -0.660. The van der Waals surface area contributed by atoms with Crippen LogP contribution in [-0.2, 0) is 4.79 Å². The number of benzene rings is 1. The Bertz CT molecular complexity index is 645. The van der Waals surface area contributed by atoms with Gasteiger partial charge in [0, 0.05) is 5.39 Å². The topological polar surface area (TPSA) is 42.0 Å². The highest BCUT2D eigenvalue weighted by Crippen LogP contribution is 2.24. The van der Waals surface area contributed by atoms with Gasteiger partial charge in [0.2, 0.25) is 5.91 Å². The SMILES string of the molecule is CC(Sc1ccc2ccccc2n1)C(=O)NCC(F)(F)F. The monoisotopic (exact) mass is 314 g/mol. The third-order valence-electron chi connectivity index (χ3n) is 2.70. The molecule has 0 fully saturated rings. The van der Waals surface area contributed by atoms with Crippen molar-refractivity contribution in [2.24, 2.45) is 0 Å². The third kappa shape index (κ3) is 4.63. The van der Waals surface area contributed by atoms with E-state index in [9.17, 15) is 18.0 Å². The molecule has 21 heavy (non-hydrogen) atoms. The van der Waals surface area contributed by atoms with Crippen LogP contribution in [0.1, 0.15) is 6.92 Å². The van der Waals surface area contributed by atoms with Crippen LogP contribution in [0.5, 0.6) is 0 Å². The predicted octanol–water partition coefficient (Wildman–Crippen LogP) is 3.39. The zero-order valence-corrected chi connectivity index (χ0v) is 12.0. The second-order valence-electron chi connectivity index (χ2n) is 4.44. The molecular weight excluding hydrogens is 301 g/mol. The lowest BCUT2D eigenvalue weighted by Crippen LogP contribution is -2.37. The molecule has 0 aliphatic rings. The molecule has 0 aliphatic heterocycles. The normalized spacial score (nSPS) is 13.1. The number of nitrogens with zero attached hydrogens (tertiary/aromatic N) is 1. The molecule has 112 valence electrons. The van der Waals surface area contributed by atoms with Gasteiger partial charge in [0.15, 0.2) is 0 Å². The Balaban J connectivity index is 2.00. The number of halogens is 3. The maximum absolute atomic E-state index is 12.0. The number of carbonyl (C=O) groups is 1. The van der Waals surface area contributed by atoms with Gasteiger partial charge in [-0.05, 0) is 19.1 Å². The lowest BCUT2D eigenvalue weighted by atomic mass is 10.2. The molecule has 0 spiro atoms. The van der Waals surface area contributed by atoms with Crippen LogP contribution < -0.4 is 5.32 Å². The van der Waals surface area contributed by atoms with Crippen LogP contribution in [0.15, 0.2) is 41.4 Å². The molecule has 3 nitrogen and oxygen atoms in total. The van der Waals surface area contributed by atoms with E-state index in [1.165, 1.54) is 0 Å². The molecule has 7 heteroatoms. The number of amides is 1. The first-order chi connectivity index (χ1) is 9.85. The molecule has 1 atom stereocenters. The standard InChI is InChI=1S/C14H13F3N2OS/c1-9(13(20)18-8-14(15,16)17)21-12-7-6-10-4-2-3-5-11(10)19-12/h2-7,9H,8H2,1H3,(H,18,20). The van der Waals surface area contributed by atoms with Gasteiger partial charge in [-0.3, -0.25) is 4.79 Å². The summed E-state index contributed by atoms with van der Waals surface area (Å²) >= 11 is 1.13. The molecule has 1 aromatic heterocycles. The van der Waals surface area contributed by atoms with Gasteiger partial charge in [0.1, 0.15) is 6.54 Å². The maximum atomic E-state index is 12.0. The Morgan fingerprint density at radius 1 is 1.29 bits per heavy atom. The van der Waals surface area contributed by atoms with Gasteiger partial charge in [0.05, 0.1) is 15.8 Å².